The third-order valence-corrected chi connectivity index (χ3v) is 6.55. The van der Waals surface area contributed by atoms with Gasteiger partial charge in [0.1, 0.15) is 10.6 Å². The molecule has 4 aromatic carbocycles. The van der Waals surface area contributed by atoms with Gasteiger partial charge in [0.15, 0.2) is 0 Å². The van der Waals surface area contributed by atoms with Crippen molar-refractivity contribution in [3.05, 3.63) is 108 Å². The molecule has 1 N–H and O–H groups in total. The lowest BCUT2D eigenvalue weighted by Crippen LogP contribution is -2.22. The van der Waals surface area contributed by atoms with E-state index in [2.05, 4.69) is 22.7 Å². The van der Waals surface area contributed by atoms with Crippen molar-refractivity contribution in [1.29, 1.82) is 0 Å². The van der Waals surface area contributed by atoms with Crippen molar-refractivity contribution >= 4 is 49.2 Å². The lowest BCUT2D eigenvalue weighted by atomic mass is 10.0. The Morgan fingerprint density at radius 2 is 1.64 bits per heavy atom. The highest BCUT2D eigenvalue weighted by Crippen LogP contribution is 2.32. The van der Waals surface area contributed by atoms with Gasteiger partial charge in [-0.3, -0.25) is 4.79 Å². The van der Waals surface area contributed by atoms with Crippen LogP contribution in [0.25, 0.3) is 42.5 Å². The summed E-state index contributed by atoms with van der Waals surface area (Å²) in [6.07, 6.45) is 0. The lowest BCUT2D eigenvalue weighted by Gasteiger charge is -2.06. The zero-order valence-corrected chi connectivity index (χ0v) is 18.2. The van der Waals surface area contributed by atoms with Gasteiger partial charge in [0.25, 0.3) is 5.91 Å². The van der Waals surface area contributed by atoms with E-state index < -0.39 is 0 Å². The molecule has 0 bridgehead atoms. The number of rotatable bonds is 3. The van der Waals surface area contributed by atoms with Gasteiger partial charge in [-0.15, -0.1) is 16.4 Å². The van der Waals surface area contributed by atoms with E-state index in [1.54, 1.807) is 23.5 Å². The second kappa shape index (κ2) is 8.00. The zero-order chi connectivity index (χ0) is 22.2. The Morgan fingerprint density at radius 3 is 2.52 bits per heavy atom. The summed E-state index contributed by atoms with van der Waals surface area (Å²) in [7, 11) is 0. The number of carbonyl (C=O) groups excluding carboxylic acids is 1. The van der Waals surface area contributed by atoms with Crippen molar-refractivity contribution in [3.63, 3.8) is 0 Å². The van der Waals surface area contributed by atoms with E-state index in [9.17, 15) is 4.79 Å². The first-order valence-corrected chi connectivity index (χ1v) is 11.3. The number of nitrogens with one attached hydrogen (secondary N) is 1. The molecular weight excluding hydrogens is 430 g/mol. The third kappa shape index (κ3) is 3.56. The number of hydrogen-bond acceptors (Lipinski definition) is 5. The first-order valence-electron chi connectivity index (χ1n) is 10.5. The molecular formula is C27H17N3O2S. The molecule has 6 heteroatoms. The summed E-state index contributed by atoms with van der Waals surface area (Å²) >= 11 is 1.57. The van der Waals surface area contributed by atoms with E-state index in [1.807, 2.05) is 72.8 Å². The maximum Gasteiger partial charge on any atom is 0.271 e. The van der Waals surface area contributed by atoms with Crippen molar-refractivity contribution < 1.29 is 9.21 Å². The Labute approximate surface area is 192 Å². The molecule has 0 saturated heterocycles. The molecule has 0 aliphatic heterocycles. The number of benzene rings is 4. The van der Waals surface area contributed by atoms with Crippen molar-refractivity contribution in [2.45, 2.75) is 0 Å². The van der Waals surface area contributed by atoms with E-state index in [4.69, 9.17) is 9.40 Å². The Hall–Kier alpha value is -4.29. The number of nitrogens with zero attached hydrogens (tertiary/aromatic N) is 2. The molecule has 2 aromatic heterocycles. The minimum absolute atomic E-state index is 0.306. The molecule has 0 aliphatic carbocycles. The molecule has 6 aromatic rings. The Kier molecular flexibility index (Phi) is 4.70. The Morgan fingerprint density at radius 1 is 0.848 bits per heavy atom. The van der Waals surface area contributed by atoms with Crippen LogP contribution in [0.15, 0.2) is 107 Å². The van der Waals surface area contributed by atoms with Crippen LogP contribution in [0.5, 0.6) is 0 Å². The normalized spacial score (nSPS) is 11.9. The number of fused-ring (bicyclic) bond motifs is 4. The maximum absolute atomic E-state index is 12.6. The van der Waals surface area contributed by atoms with E-state index in [1.165, 1.54) is 0 Å². The van der Waals surface area contributed by atoms with E-state index in [0.29, 0.717) is 16.7 Å². The summed E-state index contributed by atoms with van der Waals surface area (Å²) in [4.78, 5) is 17.4. The van der Waals surface area contributed by atoms with Crippen LogP contribution in [0.3, 0.4) is 0 Å². The standard InChI is InChI=1S/C27H17N3O2S/c31-25(18-9-2-1-3-10-18)29-30-26-21(27-28-22-12-6-7-13-24(22)33-27)16-20-19-11-5-4-8-17(19)14-15-23(20)32-26/h1-16H,(H,29,31). The van der Waals surface area contributed by atoms with Crippen molar-refractivity contribution in [1.82, 2.24) is 10.4 Å². The van der Waals surface area contributed by atoms with Gasteiger partial charge in [-0.25, -0.2) is 10.4 Å². The maximum atomic E-state index is 12.6. The molecule has 1 amide bonds. The summed E-state index contributed by atoms with van der Waals surface area (Å²) < 4.78 is 7.30. The number of hydrogen-bond donors (Lipinski definition) is 1. The summed E-state index contributed by atoms with van der Waals surface area (Å²) in [5, 5.41) is 8.31. The Bertz CT molecular complexity index is 1690. The van der Waals surface area contributed by atoms with Gasteiger partial charge < -0.3 is 4.42 Å². The van der Waals surface area contributed by atoms with Crippen LogP contribution in [0, 0.1) is 0 Å². The SMILES string of the molecule is O=C(NN=c1oc2ccc3ccccc3c2cc1-c1nc2ccccc2s1)c1ccccc1. The first-order chi connectivity index (χ1) is 16.3. The van der Waals surface area contributed by atoms with Crippen molar-refractivity contribution in [2.75, 3.05) is 0 Å². The smallest absolute Gasteiger partial charge is 0.271 e. The molecule has 158 valence electrons. The third-order valence-electron chi connectivity index (χ3n) is 5.48. The molecule has 0 aliphatic rings. The predicted molar refractivity (Wildman–Crippen MR) is 132 cm³/mol. The molecule has 6 rings (SSSR count). The molecule has 0 radical (unpaired) electrons. The van der Waals surface area contributed by atoms with E-state index in [0.717, 1.165) is 36.9 Å². The molecule has 2 heterocycles. The second-order valence-corrected chi connectivity index (χ2v) is 8.60. The summed E-state index contributed by atoms with van der Waals surface area (Å²) in [6.45, 7) is 0. The molecule has 0 atom stereocenters. The highest BCUT2D eigenvalue weighted by molar-refractivity contribution is 7.21. The number of para-hydroxylation sites is 1. The van der Waals surface area contributed by atoms with Gasteiger partial charge in [0.2, 0.25) is 5.55 Å². The summed E-state index contributed by atoms with van der Waals surface area (Å²) in [5.74, 6) is -0.306. The van der Waals surface area contributed by atoms with Gasteiger partial charge in [-0.2, -0.15) is 0 Å². The first kappa shape index (κ1) is 19.4. The highest BCUT2D eigenvalue weighted by Gasteiger charge is 2.14. The fourth-order valence-electron chi connectivity index (χ4n) is 3.86. The molecule has 33 heavy (non-hydrogen) atoms. The van der Waals surface area contributed by atoms with Crippen molar-refractivity contribution in [3.8, 4) is 10.6 Å². The summed E-state index contributed by atoms with van der Waals surface area (Å²) in [5.41, 5.74) is 5.79. The van der Waals surface area contributed by atoms with Crippen LogP contribution in [0.2, 0.25) is 0 Å². The molecule has 0 unspecified atom stereocenters. The lowest BCUT2D eigenvalue weighted by molar-refractivity contribution is 0.0951. The van der Waals surface area contributed by atoms with E-state index in [-0.39, 0.29) is 5.91 Å². The highest BCUT2D eigenvalue weighted by atomic mass is 32.1. The molecule has 0 fully saturated rings. The quantitative estimate of drug-likeness (QED) is 0.263. The van der Waals surface area contributed by atoms with Gasteiger partial charge in [-0.1, -0.05) is 60.7 Å². The van der Waals surface area contributed by atoms with Crippen LogP contribution >= 0.6 is 11.3 Å². The number of aromatic nitrogens is 1. The molecule has 0 saturated carbocycles. The predicted octanol–water partition coefficient (Wildman–Crippen LogP) is 6.11. The van der Waals surface area contributed by atoms with Gasteiger partial charge in [-0.05, 0) is 47.2 Å². The summed E-state index contributed by atoms with van der Waals surface area (Å²) in [6, 6.07) is 31.1. The number of amides is 1. The zero-order valence-electron chi connectivity index (χ0n) is 17.4. The van der Waals surface area contributed by atoms with Crippen molar-refractivity contribution in [2.24, 2.45) is 5.10 Å². The number of carbonyl (C=O) groups is 1. The topological polar surface area (TPSA) is 67.5 Å². The van der Waals surface area contributed by atoms with Crippen LogP contribution < -0.4 is 11.0 Å². The minimum Gasteiger partial charge on any atom is -0.436 e. The van der Waals surface area contributed by atoms with Crippen LogP contribution in [-0.4, -0.2) is 10.9 Å². The minimum atomic E-state index is -0.306. The van der Waals surface area contributed by atoms with Gasteiger partial charge in [0, 0.05) is 10.9 Å². The van der Waals surface area contributed by atoms with E-state index >= 15 is 0 Å². The second-order valence-electron chi connectivity index (χ2n) is 7.57. The average molecular weight is 448 g/mol. The average Bonchev–Trinajstić information content (AvgIpc) is 3.31. The van der Waals surface area contributed by atoms with Gasteiger partial charge >= 0.3 is 0 Å². The van der Waals surface area contributed by atoms with Crippen LogP contribution in [0.4, 0.5) is 0 Å². The van der Waals surface area contributed by atoms with Crippen LogP contribution in [0.1, 0.15) is 10.4 Å². The number of thiazole rings is 1. The van der Waals surface area contributed by atoms with Crippen LogP contribution in [-0.2, 0) is 0 Å². The monoisotopic (exact) mass is 447 g/mol. The fraction of sp³-hybridized carbons (Fsp3) is 0. The van der Waals surface area contributed by atoms with Gasteiger partial charge in [0.05, 0.1) is 15.8 Å². The fourth-order valence-corrected chi connectivity index (χ4v) is 4.83. The molecule has 5 nitrogen and oxygen atoms in total. The largest absolute Gasteiger partial charge is 0.436 e. The molecule has 0 spiro atoms. The Balaban J connectivity index is 1.57.